The van der Waals surface area contributed by atoms with E-state index in [1.165, 1.54) is 22.7 Å². The second-order valence-corrected chi connectivity index (χ2v) is 7.53. The molecule has 0 saturated carbocycles. The monoisotopic (exact) mass is 412 g/mol. The highest BCUT2D eigenvalue weighted by Crippen LogP contribution is 2.19. The van der Waals surface area contributed by atoms with Gasteiger partial charge >= 0.3 is 0 Å². The van der Waals surface area contributed by atoms with Gasteiger partial charge in [0.1, 0.15) is 5.82 Å². The second kappa shape index (κ2) is 8.67. The Labute approximate surface area is 174 Å². The van der Waals surface area contributed by atoms with Crippen LogP contribution in [0.25, 0.3) is 11.4 Å². The molecule has 0 atom stereocenters. The van der Waals surface area contributed by atoms with Gasteiger partial charge in [-0.25, -0.2) is 9.37 Å². The molecule has 1 aromatic carbocycles. The maximum atomic E-state index is 13.3. The average Bonchev–Trinajstić information content (AvgIpc) is 3.06. The van der Waals surface area contributed by atoms with E-state index in [1.54, 1.807) is 18.2 Å². The molecule has 0 radical (unpaired) electrons. The lowest BCUT2D eigenvalue weighted by Crippen LogP contribution is -3.14. The van der Waals surface area contributed by atoms with Crippen LogP contribution in [0.3, 0.4) is 0 Å². The van der Waals surface area contributed by atoms with Crippen LogP contribution in [-0.4, -0.2) is 40.5 Å². The molecule has 1 aliphatic heterocycles. The maximum Gasteiger partial charge on any atom is 0.203 e. The molecule has 2 N–H and O–H groups in total. The standard InChI is InChI=1S/C21H23FN6S/c1-2-11-27-20(17-3-5-18(22)6-4-17)24-28(21(27)29)16-25-12-14-26(15-13-25)19-7-9-23-10-8-19/h2-10H,1,11-16H2/p+2. The fourth-order valence-electron chi connectivity index (χ4n) is 3.69. The molecule has 150 valence electrons. The lowest BCUT2D eigenvalue weighted by molar-refractivity contribution is -0.924. The minimum absolute atomic E-state index is 0.263. The number of nitrogens with zero attached hydrogens (tertiary/aromatic N) is 4. The Kier molecular flexibility index (Phi) is 5.82. The predicted octanol–water partition coefficient (Wildman–Crippen LogP) is 1.58. The van der Waals surface area contributed by atoms with Crippen LogP contribution in [0.4, 0.5) is 10.1 Å². The third-order valence-electron chi connectivity index (χ3n) is 5.25. The number of piperazine rings is 1. The van der Waals surface area contributed by atoms with E-state index < -0.39 is 0 Å². The van der Waals surface area contributed by atoms with Gasteiger partial charge in [0.15, 0.2) is 24.9 Å². The van der Waals surface area contributed by atoms with Gasteiger partial charge in [0.05, 0.1) is 26.2 Å². The van der Waals surface area contributed by atoms with Gasteiger partial charge in [0.25, 0.3) is 0 Å². The fourth-order valence-corrected chi connectivity index (χ4v) is 3.96. The van der Waals surface area contributed by atoms with Gasteiger partial charge < -0.3 is 9.80 Å². The number of anilines is 1. The van der Waals surface area contributed by atoms with Crippen LogP contribution in [0.1, 0.15) is 0 Å². The van der Waals surface area contributed by atoms with Crippen molar-refractivity contribution in [2.75, 3.05) is 31.1 Å². The molecule has 0 unspecified atom stereocenters. The zero-order valence-corrected chi connectivity index (χ0v) is 17.0. The Morgan fingerprint density at radius 3 is 2.48 bits per heavy atom. The number of nitrogens with one attached hydrogen (secondary N) is 2. The van der Waals surface area contributed by atoms with Gasteiger partial charge in [0.2, 0.25) is 4.77 Å². The first-order chi connectivity index (χ1) is 14.2. The summed E-state index contributed by atoms with van der Waals surface area (Å²) in [5.74, 6) is 0.481. The minimum atomic E-state index is -0.263. The third-order valence-corrected chi connectivity index (χ3v) is 5.68. The molecular weight excluding hydrogens is 387 g/mol. The number of aromatic nitrogens is 4. The van der Waals surface area contributed by atoms with Crippen LogP contribution in [-0.2, 0) is 13.2 Å². The lowest BCUT2D eigenvalue weighted by Gasteiger charge is -2.33. The van der Waals surface area contributed by atoms with Crippen molar-refractivity contribution in [2.24, 2.45) is 0 Å². The van der Waals surface area contributed by atoms with Crippen LogP contribution in [0.5, 0.6) is 0 Å². The molecule has 3 aromatic rings. The summed E-state index contributed by atoms with van der Waals surface area (Å²) < 4.78 is 17.8. The van der Waals surface area contributed by atoms with Crippen molar-refractivity contribution >= 4 is 17.9 Å². The molecule has 8 heteroatoms. The van der Waals surface area contributed by atoms with Crippen molar-refractivity contribution in [3.63, 3.8) is 0 Å². The van der Waals surface area contributed by atoms with Gasteiger partial charge in [0, 0.05) is 29.9 Å². The summed E-state index contributed by atoms with van der Waals surface area (Å²) in [6.45, 7) is 9.13. The Hall–Kier alpha value is -2.84. The van der Waals surface area contributed by atoms with E-state index in [2.05, 4.69) is 28.6 Å². The van der Waals surface area contributed by atoms with Gasteiger partial charge in [-0.2, -0.15) is 4.68 Å². The van der Waals surface area contributed by atoms with Gasteiger partial charge in [-0.15, -0.1) is 11.7 Å². The SMILES string of the molecule is C=CCn1c(-c2ccc(F)cc2)nn(C[NH+]2CCN(c3cc[nH+]cc3)CC2)c1=S. The quantitative estimate of drug-likeness (QED) is 0.494. The van der Waals surface area contributed by atoms with E-state index in [1.807, 2.05) is 21.6 Å². The van der Waals surface area contributed by atoms with Crippen molar-refractivity contribution in [1.82, 2.24) is 14.3 Å². The largest absolute Gasteiger partial charge is 0.360 e. The number of halogens is 1. The highest BCUT2D eigenvalue weighted by atomic mass is 32.1. The van der Waals surface area contributed by atoms with Crippen molar-refractivity contribution in [2.45, 2.75) is 13.2 Å². The summed E-state index contributed by atoms with van der Waals surface area (Å²) in [7, 11) is 0. The van der Waals surface area contributed by atoms with Crippen LogP contribution >= 0.6 is 12.2 Å². The number of benzene rings is 1. The highest BCUT2D eigenvalue weighted by molar-refractivity contribution is 7.71. The molecule has 6 nitrogen and oxygen atoms in total. The Balaban J connectivity index is 1.51. The average molecular weight is 413 g/mol. The molecule has 4 rings (SSSR count). The Bertz CT molecular complexity index is 1020. The fraction of sp³-hybridized carbons (Fsp3) is 0.286. The third kappa shape index (κ3) is 4.28. The summed E-state index contributed by atoms with van der Waals surface area (Å²) in [5.41, 5.74) is 2.09. The number of pyridine rings is 1. The Morgan fingerprint density at radius 1 is 1.14 bits per heavy atom. The summed E-state index contributed by atoms with van der Waals surface area (Å²) in [6.07, 6.45) is 5.71. The molecular formula is C21H25FN6S+2. The van der Waals surface area contributed by atoms with Gasteiger partial charge in [-0.05, 0) is 36.5 Å². The van der Waals surface area contributed by atoms with Crippen LogP contribution in [0.2, 0.25) is 0 Å². The second-order valence-electron chi connectivity index (χ2n) is 7.17. The van der Waals surface area contributed by atoms with E-state index in [9.17, 15) is 4.39 Å². The zero-order valence-electron chi connectivity index (χ0n) is 16.2. The van der Waals surface area contributed by atoms with E-state index in [0.717, 1.165) is 37.6 Å². The molecule has 3 heterocycles. The summed E-state index contributed by atoms with van der Waals surface area (Å²) in [6, 6.07) is 10.6. The van der Waals surface area contributed by atoms with Crippen LogP contribution in [0, 0.1) is 10.6 Å². The van der Waals surface area contributed by atoms with E-state index >= 15 is 0 Å². The molecule has 2 aromatic heterocycles. The first-order valence-corrected chi connectivity index (χ1v) is 10.2. The molecule has 0 amide bonds. The van der Waals surface area contributed by atoms with Crippen LogP contribution < -0.4 is 14.8 Å². The summed E-state index contributed by atoms with van der Waals surface area (Å²) >= 11 is 5.69. The summed E-state index contributed by atoms with van der Waals surface area (Å²) in [4.78, 5) is 6.91. The zero-order chi connectivity index (χ0) is 20.2. The first kappa shape index (κ1) is 19.5. The number of quaternary nitrogens is 1. The molecule has 1 fully saturated rings. The molecule has 29 heavy (non-hydrogen) atoms. The van der Waals surface area contributed by atoms with Gasteiger partial charge in [-0.3, -0.25) is 4.57 Å². The molecule has 0 bridgehead atoms. The molecule has 1 saturated heterocycles. The minimum Gasteiger partial charge on any atom is -0.360 e. The van der Waals surface area contributed by atoms with Crippen molar-refractivity contribution in [3.8, 4) is 11.4 Å². The van der Waals surface area contributed by atoms with Crippen molar-refractivity contribution < 1.29 is 14.3 Å². The number of hydrogen-bond donors (Lipinski definition) is 1. The van der Waals surface area contributed by atoms with E-state index in [4.69, 9.17) is 17.3 Å². The number of aromatic amines is 1. The molecule has 1 aliphatic rings. The highest BCUT2D eigenvalue weighted by Gasteiger charge is 2.22. The topological polar surface area (TPSA) is 44.6 Å². The number of H-pyrrole nitrogens is 1. The number of allylic oxidation sites excluding steroid dienone is 1. The number of hydrogen-bond acceptors (Lipinski definition) is 3. The first-order valence-electron chi connectivity index (χ1n) is 9.75. The van der Waals surface area contributed by atoms with Crippen LogP contribution in [0.15, 0.2) is 61.4 Å². The lowest BCUT2D eigenvalue weighted by atomic mass is 10.2. The normalized spacial score (nSPS) is 14.9. The summed E-state index contributed by atoms with van der Waals surface area (Å²) in [5, 5.41) is 4.77. The van der Waals surface area contributed by atoms with Crippen molar-refractivity contribution in [1.29, 1.82) is 0 Å². The van der Waals surface area contributed by atoms with E-state index in [0.29, 0.717) is 18.0 Å². The maximum absolute atomic E-state index is 13.3. The number of rotatable bonds is 6. The van der Waals surface area contributed by atoms with Gasteiger partial charge in [-0.1, -0.05) is 6.08 Å². The Morgan fingerprint density at radius 2 is 1.83 bits per heavy atom. The predicted molar refractivity (Wildman–Crippen MR) is 113 cm³/mol. The molecule has 0 spiro atoms. The van der Waals surface area contributed by atoms with E-state index in [-0.39, 0.29) is 5.82 Å². The molecule has 0 aliphatic carbocycles. The smallest absolute Gasteiger partial charge is 0.203 e. The van der Waals surface area contributed by atoms with Crippen molar-refractivity contribution in [3.05, 3.63) is 72.0 Å².